The second kappa shape index (κ2) is 8.72. The molecule has 20 heavy (non-hydrogen) atoms. The summed E-state index contributed by atoms with van der Waals surface area (Å²) in [5.74, 6) is -0.423. The molecular formula is C13H19Cl2F3N2. The molecule has 1 heterocycles. The number of halogens is 5. The topological polar surface area (TPSA) is 15.3 Å². The van der Waals surface area contributed by atoms with Crippen LogP contribution >= 0.6 is 24.8 Å². The molecule has 0 bridgehead atoms. The van der Waals surface area contributed by atoms with E-state index in [4.69, 9.17) is 0 Å². The van der Waals surface area contributed by atoms with Crippen LogP contribution in [0.4, 0.5) is 13.2 Å². The third-order valence-corrected chi connectivity index (χ3v) is 3.32. The number of nitrogens with one attached hydrogen (secondary N) is 1. The Morgan fingerprint density at radius 3 is 2.25 bits per heavy atom. The molecule has 0 amide bonds. The van der Waals surface area contributed by atoms with Crippen molar-refractivity contribution in [1.29, 1.82) is 0 Å². The van der Waals surface area contributed by atoms with Gasteiger partial charge in [0.1, 0.15) is 5.82 Å². The molecule has 0 spiro atoms. The summed E-state index contributed by atoms with van der Waals surface area (Å²) in [5, 5.41) is 3.12. The van der Waals surface area contributed by atoms with Gasteiger partial charge in [0.2, 0.25) is 0 Å². The molecule has 0 aliphatic carbocycles. The largest absolute Gasteiger partial charge is 0.314 e. The summed E-state index contributed by atoms with van der Waals surface area (Å²) in [5.41, 5.74) is 0.835. The van der Waals surface area contributed by atoms with E-state index in [1.807, 2.05) is 0 Å². The molecule has 1 fully saturated rings. The van der Waals surface area contributed by atoms with Gasteiger partial charge in [0.15, 0.2) is 0 Å². The zero-order valence-corrected chi connectivity index (χ0v) is 12.7. The maximum absolute atomic E-state index is 13.5. The molecule has 0 unspecified atom stereocenters. The lowest BCUT2D eigenvalue weighted by Gasteiger charge is -2.34. The zero-order chi connectivity index (χ0) is 13.1. The summed E-state index contributed by atoms with van der Waals surface area (Å²) in [7, 11) is 0. The number of hydrogen-bond donors (Lipinski definition) is 1. The molecule has 2 rings (SSSR count). The van der Waals surface area contributed by atoms with E-state index in [0.717, 1.165) is 0 Å². The van der Waals surface area contributed by atoms with Crippen LogP contribution in [0.5, 0.6) is 0 Å². The van der Waals surface area contributed by atoms with Crippen LogP contribution in [0.3, 0.4) is 0 Å². The maximum Gasteiger partial charge on any atom is 0.258 e. The first-order chi connectivity index (χ1) is 8.59. The smallest absolute Gasteiger partial charge is 0.258 e. The summed E-state index contributed by atoms with van der Waals surface area (Å²) in [6.07, 6.45) is -2.51. The van der Waals surface area contributed by atoms with Crippen molar-refractivity contribution in [1.82, 2.24) is 10.2 Å². The SMILES string of the molecule is Cc1ccc([C@H](C(F)F)N2CCNCC2)cc1F.Cl.Cl. The summed E-state index contributed by atoms with van der Waals surface area (Å²) >= 11 is 0. The number of benzene rings is 1. The average molecular weight is 331 g/mol. The van der Waals surface area contributed by atoms with E-state index in [1.165, 1.54) is 6.07 Å². The van der Waals surface area contributed by atoms with Crippen molar-refractivity contribution in [3.05, 3.63) is 35.1 Å². The lowest BCUT2D eigenvalue weighted by Crippen LogP contribution is -2.46. The normalized spacial score (nSPS) is 17.2. The van der Waals surface area contributed by atoms with E-state index >= 15 is 0 Å². The Bertz CT molecular complexity index is 413. The van der Waals surface area contributed by atoms with Crippen molar-refractivity contribution in [2.24, 2.45) is 0 Å². The Kier molecular flexibility index (Phi) is 8.51. The Morgan fingerprint density at radius 1 is 1.15 bits per heavy atom. The molecule has 1 atom stereocenters. The molecule has 0 radical (unpaired) electrons. The van der Waals surface area contributed by atoms with Crippen LogP contribution in [0.2, 0.25) is 0 Å². The van der Waals surface area contributed by atoms with Gasteiger partial charge in [0, 0.05) is 26.2 Å². The number of piperazine rings is 1. The summed E-state index contributed by atoms with van der Waals surface area (Å²) < 4.78 is 39.9. The van der Waals surface area contributed by atoms with Gasteiger partial charge in [0.25, 0.3) is 6.43 Å². The number of rotatable bonds is 3. The average Bonchev–Trinajstić information content (AvgIpc) is 2.35. The van der Waals surface area contributed by atoms with Gasteiger partial charge in [-0.3, -0.25) is 4.90 Å². The monoisotopic (exact) mass is 330 g/mol. The van der Waals surface area contributed by atoms with E-state index in [-0.39, 0.29) is 24.8 Å². The fourth-order valence-corrected chi connectivity index (χ4v) is 2.27. The molecule has 2 nitrogen and oxygen atoms in total. The minimum atomic E-state index is -2.51. The highest BCUT2D eigenvalue weighted by atomic mass is 35.5. The number of alkyl halides is 2. The molecule has 1 aliphatic rings. The number of nitrogens with zero attached hydrogens (tertiary/aromatic N) is 1. The fourth-order valence-electron chi connectivity index (χ4n) is 2.27. The van der Waals surface area contributed by atoms with Crippen molar-refractivity contribution in [2.45, 2.75) is 19.4 Å². The first-order valence-corrected chi connectivity index (χ1v) is 6.08. The first-order valence-electron chi connectivity index (χ1n) is 6.08. The Morgan fingerprint density at radius 2 is 1.75 bits per heavy atom. The molecule has 1 aromatic rings. The van der Waals surface area contributed by atoms with Gasteiger partial charge in [-0.1, -0.05) is 12.1 Å². The van der Waals surface area contributed by atoms with E-state index in [0.29, 0.717) is 37.3 Å². The van der Waals surface area contributed by atoms with E-state index in [9.17, 15) is 13.2 Å². The van der Waals surface area contributed by atoms with Crippen LogP contribution in [0.25, 0.3) is 0 Å². The minimum absolute atomic E-state index is 0. The van der Waals surface area contributed by atoms with Gasteiger partial charge in [-0.2, -0.15) is 0 Å². The van der Waals surface area contributed by atoms with Crippen LogP contribution in [-0.4, -0.2) is 37.5 Å². The van der Waals surface area contributed by atoms with Crippen molar-refractivity contribution in [3.8, 4) is 0 Å². The Hall–Kier alpha value is -0.490. The van der Waals surface area contributed by atoms with Gasteiger partial charge in [-0.15, -0.1) is 24.8 Å². The van der Waals surface area contributed by atoms with Gasteiger partial charge in [-0.25, -0.2) is 13.2 Å². The van der Waals surface area contributed by atoms with Crippen LogP contribution in [0, 0.1) is 12.7 Å². The summed E-state index contributed by atoms with van der Waals surface area (Å²) in [4.78, 5) is 1.71. The molecule has 1 aromatic carbocycles. The van der Waals surface area contributed by atoms with Crippen molar-refractivity contribution in [3.63, 3.8) is 0 Å². The summed E-state index contributed by atoms with van der Waals surface area (Å²) in [6.45, 7) is 4.13. The number of aryl methyl sites for hydroxylation is 1. The molecule has 0 saturated carbocycles. The van der Waals surface area contributed by atoms with Gasteiger partial charge < -0.3 is 5.32 Å². The third-order valence-electron chi connectivity index (χ3n) is 3.32. The van der Waals surface area contributed by atoms with Crippen molar-refractivity contribution in [2.75, 3.05) is 26.2 Å². The molecule has 1 N–H and O–H groups in total. The molecule has 116 valence electrons. The lowest BCUT2D eigenvalue weighted by atomic mass is 10.0. The lowest BCUT2D eigenvalue weighted by molar-refractivity contribution is 0.0180. The van der Waals surface area contributed by atoms with Crippen LogP contribution in [0.1, 0.15) is 17.2 Å². The Balaban J connectivity index is 0.00000180. The molecule has 1 saturated heterocycles. The second-order valence-corrected chi connectivity index (χ2v) is 4.57. The standard InChI is InChI=1S/C13H17F3N2.2ClH/c1-9-2-3-10(8-11(9)14)12(13(15)16)18-6-4-17-5-7-18;;/h2-3,8,12-13,17H,4-7H2,1H3;2*1H/t12-;;/m1../s1. The highest BCUT2D eigenvalue weighted by Crippen LogP contribution is 2.28. The van der Waals surface area contributed by atoms with Crippen molar-refractivity contribution < 1.29 is 13.2 Å². The highest BCUT2D eigenvalue weighted by Gasteiger charge is 2.30. The maximum atomic E-state index is 13.5. The fraction of sp³-hybridized carbons (Fsp3) is 0.538. The van der Waals surface area contributed by atoms with Crippen LogP contribution < -0.4 is 5.32 Å². The predicted molar refractivity (Wildman–Crippen MR) is 78.8 cm³/mol. The zero-order valence-electron chi connectivity index (χ0n) is 11.1. The van der Waals surface area contributed by atoms with E-state index < -0.39 is 18.3 Å². The van der Waals surface area contributed by atoms with E-state index in [2.05, 4.69) is 5.32 Å². The minimum Gasteiger partial charge on any atom is -0.314 e. The third kappa shape index (κ3) is 4.52. The van der Waals surface area contributed by atoms with Crippen LogP contribution in [-0.2, 0) is 0 Å². The number of hydrogen-bond acceptors (Lipinski definition) is 2. The second-order valence-electron chi connectivity index (χ2n) is 4.57. The quantitative estimate of drug-likeness (QED) is 0.915. The Labute approximate surface area is 129 Å². The first kappa shape index (κ1) is 19.5. The predicted octanol–water partition coefficient (Wildman–Crippen LogP) is 3.19. The van der Waals surface area contributed by atoms with Crippen LogP contribution in [0.15, 0.2) is 18.2 Å². The van der Waals surface area contributed by atoms with E-state index in [1.54, 1.807) is 24.0 Å². The van der Waals surface area contributed by atoms with Gasteiger partial charge in [-0.05, 0) is 24.1 Å². The van der Waals surface area contributed by atoms with Gasteiger partial charge in [0.05, 0.1) is 6.04 Å². The molecule has 7 heteroatoms. The highest BCUT2D eigenvalue weighted by molar-refractivity contribution is 5.85. The molecule has 0 aromatic heterocycles. The van der Waals surface area contributed by atoms with Gasteiger partial charge >= 0.3 is 0 Å². The summed E-state index contributed by atoms with van der Waals surface area (Å²) in [6, 6.07) is 3.37. The van der Waals surface area contributed by atoms with Crippen molar-refractivity contribution >= 4 is 24.8 Å². The molecule has 1 aliphatic heterocycles. The molecular weight excluding hydrogens is 312 g/mol.